The Labute approximate surface area is 84.0 Å². The van der Waals surface area contributed by atoms with Crippen LogP contribution in [0, 0.1) is 11.3 Å². The number of ether oxygens (including phenoxy) is 1. The summed E-state index contributed by atoms with van der Waals surface area (Å²) in [4.78, 5) is 0. The van der Waals surface area contributed by atoms with Crippen LogP contribution in [0.25, 0.3) is 0 Å². The Kier molecular flexibility index (Phi) is 2.89. The molecule has 0 heterocycles. The maximum Gasteiger partial charge on any atom is 0.0598 e. The van der Waals surface area contributed by atoms with E-state index in [-0.39, 0.29) is 5.60 Å². The van der Waals surface area contributed by atoms with Gasteiger partial charge in [-0.3, -0.25) is 0 Å². The number of alkyl halides is 1. The molecule has 1 saturated carbocycles. The molecule has 0 aliphatic heterocycles. The molecule has 2 unspecified atom stereocenters. The monoisotopic (exact) mass is 234 g/mol. The van der Waals surface area contributed by atoms with Gasteiger partial charge < -0.3 is 4.74 Å². The summed E-state index contributed by atoms with van der Waals surface area (Å²) in [6.07, 6.45) is 1.31. The van der Waals surface area contributed by atoms with E-state index in [1.165, 1.54) is 6.42 Å². The Morgan fingerprint density at radius 1 is 1.50 bits per heavy atom. The van der Waals surface area contributed by atoms with Crippen LogP contribution in [0.15, 0.2) is 0 Å². The minimum Gasteiger partial charge on any atom is -0.375 e. The molecule has 1 aliphatic rings. The van der Waals surface area contributed by atoms with E-state index >= 15 is 0 Å². The Morgan fingerprint density at radius 2 is 2.00 bits per heavy atom. The van der Waals surface area contributed by atoms with Crippen molar-refractivity contribution in [3.63, 3.8) is 0 Å². The maximum atomic E-state index is 5.79. The first-order valence-corrected chi connectivity index (χ1v) is 5.72. The fourth-order valence-corrected chi connectivity index (χ4v) is 2.28. The van der Waals surface area contributed by atoms with Crippen LogP contribution in [-0.2, 0) is 4.74 Å². The molecule has 0 amide bonds. The lowest BCUT2D eigenvalue weighted by molar-refractivity contribution is -0.0260. The first kappa shape index (κ1) is 10.5. The van der Waals surface area contributed by atoms with E-state index in [4.69, 9.17) is 4.74 Å². The molecule has 0 N–H and O–H groups in total. The average molecular weight is 235 g/mol. The third-order valence-electron chi connectivity index (χ3n) is 2.66. The van der Waals surface area contributed by atoms with E-state index in [9.17, 15) is 0 Å². The predicted molar refractivity (Wildman–Crippen MR) is 55.7 cm³/mol. The summed E-state index contributed by atoms with van der Waals surface area (Å²) >= 11 is 3.56. The SMILES string of the molecule is CC1CC1(CBr)COC(C)(C)C. The molecule has 0 spiro atoms. The molecule has 72 valence electrons. The summed E-state index contributed by atoms with van der Waals surface area (Å²) in [5.74, 6) is 0.833. The van der Waals surface area contributed by atoms with Gasteiger partial charge in [-0.25, -0.2) is 0 Å². The van der Waals surface area contributed by atoms with Crippen molar-refractivity contribution in [3.8, 4) is 0 Å². The molecule has 1 nitrogen and oxygen atoms in total. The summed E-state index contributed by atoms with van der Waals surface area (Å²) < 4.78 is 5.79. The van der Waals surface area contributed by atoms with Gasteiger partial charge >= 0.3 is 0 Å². The lowest BCUT2D eigenvalue weighted by atomic mass is 10.1. The second-order valence-corrected chi connectivity index (χ2v) is 5.56. The van der Waals surface area contributed by atoms with E-state index < -0.39 is 0 Å². The number of hydrogen-bond donors (Lipinski definition) is 0. The predicted octanol–water partition coefficient (Wildman–Crippen LogP) is 3.22. The van der Waals surface area contributed by atoms with Crippen LogP contribution in [0.2, 0.25) is 0 Å². The van der Waals surface area contributed by atoms with Crippen molar-refractivity contribution >= 4 is 15.9 Å². The Morgan fingerprint density at radius 3 is 2.25 bits per heavy atom. The Bertz CT molecular complexity index is 158. The topological polar surface area (TPSA) is 9.23 Å². The van der Waals surface area contributed by atoms with Gasteiger partial charge in [-0.2, -0.15) is 0 Å². The minimum atomic E-state index is 0.0114. The molecule has 0 bridgehead atoms. The molecule has 0 aromatic rings. The first-order chi connectivity index (χ1) is 5.40. The molecule has 2 atom stereocenters. The van der Waals surface area contributed by atoms with Gasteiger partial charge in [-0.15, -0.1) is 0 Å². The Balaban J connectivity index is 2.32. The molecule has 0 radical (unpaired) electrons. The van der Waals surface area contributed by atoms with E-state index in [0.29, 0.717) is 5.41 Å². The molecule has 12 heavy (non-hydrogen) atoms. The number of hydrogen-bond acceptors (Lipinski definition) is 1. The highest BCUT2D eigenvalue weighted by Gasteiger charge is 2.50. The minimum absolute atomic E-state index is 0.0114. The van der Waals surface area contributed by atoms with Crippen molar-refractivity contribution in [1.29, 1.82) is 0 Å². The molecule has 2 heteroatoms. The average Bonchev–Trinajstić information content (AvgIpc) is 2.57. The van der Waals surface area contributed by atoms with Crippen molar-refractivity contribution in [2.45, 2.75) is 39.7 Å². The van der Waals surface area contributed by atoms with Crippen molar-refractivity contribution in [3.05, 3.63) is 0 Å². The van der Waals surface area contributed by atoms with Gasteiger partial charge in [-0.05, 0) is 33.1 Å². The van der Waals surface area contributed by atoms with E-state index in [2.05, 4.69) is 43.6 Å². The van der Waals surface area contributed by atoms with Crippen LogP contribution >= 0.6 is 15.9 Å². The maximum absolute atomic E-state index is 5.79. The molecule has 1 rings (SSSR count). The molecule has 0 aromatic heterocycles. The number of halogens is 1. The second kappa shape index (κ2) is 3.30. The van der Waals surface area contributed by atoms with Crippen LogP contribution in [0.3, 0.4) is 0 Å². The third-order valence-corrected chi connectivity index (χ3v) is 3.77. The summed E-state index contributed by atoms with van der Waals surface area (Å²) in [7, 11) is 0. The second-order valence-electron chi connectivity index (χ2n) is 5.00. The molecule has 1 fully saturated rings. The van der Waals surface area contributed by atoms with Crippen molar-refractivity contribution in [2.75, 3.05) is 11.9 Å². The van der Waals surface area contributed by atoms with E-state index in [0.717, 1.165) is 17.9 Å². The molecular formula is C10H19BrO. The van der Waals surface area contributed by atoms with Gasteiger partial charge in [0.2, 0.25) is 0 Å². The van der Waals surface area contributed by atoms with Gasteiger partial charge in [0.1, 0.15) is 0 Å². The van der Waals surface area contributed by atoms with Crippen LogP contribution < -0.4 is 0 Å². The van der Waals surface area contributed by atoms with Crippen LogP contribution in [0.5, 0.6) is 0 Å². The van der Waals surface area contributed by atoms with Gasteiger partial charge in [0, 0.05) is 10.7 Å². The summed E-state index contributed by atoms with van der Waals surface area (Å²) in [6, 6.07) is 0. The first-order valence-electron chi connectivity index (χ1n) is 4.59. The third kappa shape index (κ3) is 2.46. The van der Waals surface area contributed by atoms with Crippen molar-refractivity contribution < 1.29 is 4.74 Å². The zero-order valence-electron chi connectivity index (χ0n) is 8.48. The summed E-state index contributed by atoms with van der Waals surface area (Å²) in [5.41, 5.74) is 0.463. The normalized spacial score (nSPS) is 35.2. The Hall–Kier alpha value is 0.440. The van der Waals surface area contributed by atoms with Gasteiger partial charge in [0.05, 0.1) is 12.2 Å². The van der Waals surface area contributed by atoms with E-state index in [1.807, 2.05) is 0 Å². The fraction of sp³-hybridized carbons (Fsp3) is 1.00. The lowest BCUT2D eigenvalue weighted by Gasteiger charge is -2.23. The van der Waals surface area contributed by atoms with Crippen molar-refractivity contribution in [2.24, 2.45) is 11.3 Å². The van der Waals surface area contributed by atoms with Gasteiger partial charge in [0.15, 0.2) is 0 Å². The van der Waals surface area contributed by atoms with E-state index in [1.54, 1.807) is 0 Å². The van der Waals surface area contributed by atoms with Gasteiger partial charge in [-0.1, -0.05) is 22.9 Å². The lowest BCUT2D eigenvalue weighted by Crippen LogP contribution is -2.25. The molecule has 0 saturated heterocycles. The largest absolute Gasteiger partial charge is 0.375 e. The molecule has 1 aliphatic carbocycles. The zero-order valence-corrected chi connectivity index (χ0v) is 10.1. The molecule has 0 aromatic carbocycles. The quantitative estimate of drug-likeness (QED) is 0.682. The standard InChI is InChI=1S/C10H19BrO/c1-8-5-10(8,6-11)7-12-9(2,3)4/h8H,5-7H2,1-4H3. The summed E-state index contributed by atoms with van der Waals surface area (Å²) in [5, 5.41) is 1.08. The van der Waals surface area contributed by atoms with Crippen molar-refractivity contribution in [1.82, 2.24) is 0 Å². The highest BCUT2D eigenvalue weighted by Crippen LogP contribution is 2.53. The van der Waals surface area contributed by atoms with Crippen LogP contribution in [-0.4, -0.2) is 17.5 Å². The molecular weight excluding hydrogens is 216 g/mol. The highest BCUT2D eigenvalue weighted by molar-refractivity contribution is 9.09. The van der Waals surface area contributed by atoms with Crippen LogP contribution in [0.4, 0.5) is 0 Å². The smallest absolute Gasteiger partial charge is 0.0598 e. The zero-order chi connectivity index (χ0) is 9.41. The number of rotatable bonds is 3. The van der Waals surface area contributed by atoms with Gasteiger partial charge in [0.25, 0.3) is 0 Å². The van der Waals surface area contributed by atoms with Crippen LogP contribution in [0.1, 0.15) is 34.1 Å². The fourth-order valence-electron chi connectivity index (χ4n) is 1.34. The highest BCUT2D eigenvalue weighted by atomic mass is 79.9. The summed E-state index contributed by atoms with van der Waals surface area (Å²) in [6.45, 7) is 9.54.